The van der Waals surface area contributed by atoms with Gasteiger partial charge in [0.1, 0.15) is 11.4 Å². The van der Waals surface area contributed by atoms with Crippen molar-refractivity contribution in [2.75, 3.05) is 6.61 Å². The van der Waals surface area contributed by atoms with Crippen LogP contribution in [0.1, 0.15) is 42.9 Å². The summed E-state index contributed by atoms with van der Waals surface area (Å²) in [5.41, 5.74) is 0.954. The van der Waals surface area contributed by atoms with Gasteiger partial charge in [-0.3, -0.25) is 9.48 Å². The molecule has 0 fully saturated rings. The minimum absolute atomic E-state index is 0.0662. The van der Waals surface area contributed by atoms with Gasteiger partial charge in [-0.15, -0.1) is 0 Å². The van der Waals surface area contributed by atoms with Gasteiger partial charge in [0.15, 0.2) is 0 Å². The van der Waals surface area contributed by atoms with Gasteiger partial charge in [-0.05, 0) is 32.9 Å². The molecule has 1 aromatic carbocycles. The highest BCUT2D eigenvalue weighted by molar-refractivity contribution is 6.34. The van der Waals surface area contributed by atoms with E-state index in [0.29, 0.717) is 28.6 Å². The largest absolute Gasteiger partial charge is 0.494 e. The SMILES string of the molecule is CCOc1cccc(C(=O)c2c(Cl)cnn2C(C)C)c1. The molecular formula is C15H17ClN2O2. The molecular weight excluding hydrogens is 276 g/mol. The average molecular weight is 293 g/mol. The van der Waals surface area contributed by atoms with Crippen LogP contribution < -0.4 is 4.74 Å². The molecule has 0 radical (unpaired) electrons. The monoisotopic (exact) mass is 292 g/mol. The topological polar surface area (TPSA) is 44.1 Å². The molecule has 20 heavy (non-hydrogen) atoms. The van der Waals surface area contributed by atoms with Crippen molar-refractivity contribution >= 4 is 17.4 Å². The van der Waals surface area contributed by atoms with Crippen LogP contribution >= 0.6 is 11.6 Å². The highest BCUT2D eigenvalue weighted by atomic mass is 35.5. The van der Waals surface area contributed by atoms with Crippen molar-refractivity contribution in [3.8, 4) is 5.75 Å². The molecule has 106 valence electrons. The van der Waals surface area contributed by atoms with Crippen molar-refractivity contribution < 1.29 is 9.53 Å². The van der Waals surface area contributed by atoms with E-state index in [1.807, 2.05) is 26.8 Å². The molecule has 1 aromatic heterocycles. The number of aromatic nitrogens is 2. The molecule has 0 N–H and O–H groups in total. The minimum atomic E-state index is -0.150. The van der Waals surface area contributed by atoms with E-state index in [1.54, 1.807) is 22.9 Å². The summed E-state index contributed by atoms with van der Waals surface area (Å²) in [6.45, 7) is 6.37. The second-order valence-electron chi connectivity index (χ2n) is 4.67. The molecule has 2 rings (SSSR count). The number of ketones is 1. The molecule has 0 saturated carbocycles. The Labute approximate surface area is 123 Å². The molecule has 4 nitrogen and oxygen atoms in total. The zero-order valence-corrected chi connectivity index (χ0v) is 12.5. The normalized spacial score (nSPS) is 10.8. The lowest BCUT2D eigenvalue weighted by molar-refractivity contribution is 0.102. The van der Waals surface area contributed by atoms with E-state index in [9.17, 15) is 4.79 Å². The molecule has 0 unspecified atom stereocenters. The number of ether oxygens (including phenoxy) is 1. The number of rotatable bonds is 5. The molecule has 0 saturated heterocycles. The van der Waals surface area contributed by atoms with Crippen LogP contribution in [0.3, 0.4) is 0 Å². The lowest BCUT2D eigenvalue weighted by atomic mass is 10.1. The number of hydrogen-bond acceptors (Lipinski definition) is 3. The molecule has 0 aliphatic carbocycles. The lowest BCUT2D eigenvalue weighted by Gasteiger charge is -2.11. The van der Waals surface area contributed by atoms with E-state index < -0.39 is 0 Å². The van der Waals surface area contributed by atoms with E-state index in [2.05, 4.69) is 5.10 Å². The van der Waals surface area contributed by atoms with Gasteiger partial charge in [0.2, 0.25) is 5.78 Å². The fraction of sp³-hybridized carbons (Fsp3) is 0.333. The van der Waals surface area contributed by atoms with E-state index in [-0.39, 0.29) is 11.8 Å². The fourth-order valence-electron chi connectivity index (χ4n) is 1.98. The first-order valence-corrected chi connectivity index (χ1v) is 6.93. The van der Waals surface area contributed by atoms with Crippen molar-refractivity contribution in [3.05, 3.63) is 46.7 Å². The summed E-state index contributed by atoms with van der Waals surface area (Å²) in [6.07, 6.45) is 1.50. The summed E-state index contributed by atoms with van der Waals surface area (Å²) >= 11 is 6.10. The lowest BCUT2D eigenvalue weighted by Crippen LogP contribution is -2.14. The summed E-state index contributed by atoms with van der Waals surface area (Å²) < 4.78 is 7.05. The Morgan fingerprint density at radius 1 is 1.45 bits per heavy atom. The Kier molecular flexibility index (Phi) is 4.45. The minimum Gasteiger partial charge on any atom is -0.494 e. The molecule has 0 amide bonds. The predicted octanol–water partition coefficient (Wildman–Crippen LogP) is 3.75. The van der Waals surface area contributed by atoms with Crippen LogP contribution in [0.5, 0.6) is 5.75 Å². The number of hydrogen-bond donors (Lipinski definition) is 0. The number of benzene rings is 1. The molecule has 0 aliphatic rings. The van der Waals surface area contributed by atoms with Crippen molar-refractivity contribution in [3.63, 3.8) is 0 Å². The predicted molar refractivity (Wildman–Crippen MR) is 78.7 cm³/mol. The molecule has 0 aliphatic heterocycles. The van der Waals surface area contributed by atoms with E-state index in [1.165, 1.54) is 6.20 Å². The number of carbonyl (C=O) groups is 1. The van der Waals surface area contributed by atoms with Gasteiger partial charge in [-0.25, -0.2) is 0 Å². The summed E-state index contributed by atoms with van der Waals surface area (Å²) in [5.74, 6) is 0.521. The zero-order valence-electron chi connectivity index (χ0n) is 11.8. The molecule has 0 atom stereocenters. The van der Waals surface area contributed by atoms with Gasteiger partial charge in [-0.2, -0.15) is 5.10 Å². The van der Waals surface area contributed by atoms with Gasteiger partial charge in [-0.1, -0.05) is 23.7 Å². The summed E-state index contributed by atoms with van der Waals surface area (Å²) in [4.78, 5) is 12.6. The molecule has 1 heterocycles. The molecule has 2 aromatic rings. The van der Waals surface area contributed by atoms with Crippen molar-refractivity contribution in [1.29, 1.82) is 0 Å². The van der Waals surface area contributed by atoms with Crippen LogP contribution in [0.15, 0.2) is 30.5 Å². The Balaban J connectivity index is 2.41. The first-order valence-electron chi connectivity index (χ1n) is 6.55. The smallest absolute Gasteiger partial charge is 0.212 e. The first kappa shape index (κ1) is 14.6. The van der Waals surface area contributed by atoms with Gasteiger partial charge in [0.05, 0.1) is 17.8 Å². The number of nitrogens with zero attached hydrogens (tertiary/aromatic N) is 2. The van der Waals surface area contributed by atoms with Crippen molar-refractivity contribution in [2.24, 2.45) is 0 Å². The van der Waals surface area contributed by atoms with Gasteiger partial charge >= 0.3 is 0 Å². The summed E-state index contributed by atoms with van der Waals surface area (Å²) in [5, 5.41) is 4.52. The third kappa shape index (κ3) is 2.85. The van der Waals surface area contributed by atoms with Crippen LogP contribution in [0.25, 0.3) is 0 Å². The van der Waals surface area contributed by atoms with E-state index >= 15 is 0 Å². The van der Waals surface area contributed by atoms with Crippen LogP contribution in [0.4, 0.5) is 0 Å². The first-order chi connectivity index (χ1) is 9.54. The van der Waals surface area contributed by atoms with E-state index in [0.717, 1.165) is 0 Å². The van der Waals surface area contributed by atoms with Crippen LogP contribution in [0.2, 0.25) is 5.02 Å². The highest BCUT2D eigenvalue weighted by Crippen LogP contribution is 2.23. The van der Waals surface area contributed by atoms with Crippen LogP contribution in [-0.2, 0) is 0 Å². The summed E-state index contributed by atoms with van der Waals surface area (Å²) in [6, 6.07) is 7.15. The standard InChI is InChI=1S/C15H17ClN2O2/c1-4-20-12-7-5-6-11(8-12)15(19)14-13(16)9-17-18(14)10(2)3/h5-10H,4H2,1-3H3. The fourth-order valence-corrected chi connectivity index (χ4v) is 2.19. The maximum absolute atomic E-state index is 12.6. The number of carbonyl (C=O) groups excluding carboxylic acids is 1. The Morgan fingerprint density at radius 2 is 2.20 bits per heavy atom. The second-order valence-corrected chi connectivity index (χ2v) is 5.08. The highest BCUT2D eigenvalue weighted by Gasteiger charge is 2.20. The number of halogens is 1. The Morgan fingerprint density at radius 3 is 2.85 bits per heavy atom. The Hall–Kier alpha value is -1.81. The molecule has 5 heteroatoms. The zero-order chi connectivity index (χ0) is 14.7. The van der Waals surface area contributed by atoms with Crippen LogP contribution in [0, 0.1) is 0 Å². The average Bonchev–Trinajstić information content (AvgIpc) is 2.81. The van der Waals surface area contributed by atoms with Crippen molar-refractivity contribution in [2.45, 2.75) is 26.8 Å². The van der Waals surface area contributed by atoms with Gasteiger partial charge < -0.3 is 4.74 Å². The quantitative estimate of drug-likeness (QED) is 0.788. The third-order valence-corrected chi connectivity index (χ3v) is 3.14. The Bertz CT molecular complexity index is 620. The molecule has 0 spiro atoms. The summed E-state index contributed by atoms with van der Waals surface area (Å²) in [7, 11) is 0. The van der Waals surface area contributed by atoms with Gasteiger partial charge in [0, 0.05) is 11.6 Å². The third-order valence-electron chi connectivity index (χ3n) is 2.86. The van der Waals surface area contributed by atoms with E-state index in [4.69, 9.17) is 16.3 Å². The van der Waals surface area contributed by atoms with Gasteiger partial charge in [0.25, 0.3) is 0 Å². The maximum Gasteiger partial charge on any atom is 0.212 e. The maximum atomic E-state index is 12.6. The second kappa shape index (κ2) is 6.09. The molecule has 0 bridgehead atoms. The van der Waals surface area contributed by atoms with Crippen LogP contribution in [-0.4, -0.2) is 22.2 Å². The van der Waals surface area contributed by atoms with Crippen molar-refractivity contribution in [1.82, 2.24) is 9.78 Å².